The summed E-state index contributed by atoms with van der Waals surface area (Å²) >= 11 is 0. The van der Waals surface area contributed by atoms with Crippen LogP contribution in [0.3, 0.4) is 0 Å². The van der Waals surface area contributed by atoms with Crippen molar-refractivity contribution in [3.8, 4) is 0 Å². The molecular weight excluding hydrogens is 212 g/mol. The smallest absolute Gasteiger partial charge is 0.228 e. The van der Waals surface area contributed by atoms with Crippen molar-refractivity contribution in [3.05, 3.63) is 0 Å². The number of primary amides is 2. The van der Waals surface area contributed by atoms with Gasteiger partial charge < -0.3 is 11.5 Å². The lowest BCUT2D eigenvalue weighted by Crippen LogP contribution is -2.41. The number of rotatable bonds is 7. The van der Waals surface area contributed by atoms with Crippen molar-refractivity contribution in [2.24, 2.45) is 23.3 Å². The number of carbonyl (C=O) groups excluding carboxylic acids is 4. The molecule has 90 valence electrons. The van der Waals surface area contributed by atoms with Gasteiger partial charge in [-0.2, -0.15) is 0 Å². The zero-order valence-electron chi connectivity index (χ0n) is 9.36. The lowest BCUT2D eigenvalue weighted by atomic mass is 9.89. The fraction of sp³-hybridized carbons (Fsp3) is 0.600. The molecule has 0 aliphatic heterocycles. The summed E-state index contributed by atoms with van der Waals surface area (Å²) < 4.78 is 0. The van der Waals surface area contributed by atoms with Gasteiger partial charge in [0.2, 0.25) is 23.4 Å². The fourth-order valence-corrected chi connectivity index (χ4v) is 1.38. The maximum atomic E-state index is 11.6. The van der Waals surface area contributed by atoms with E-state index < -0.39 is 35.2 Å². The van der Waals surface area contributed by atoms with Crippen LogP contribution >= 0.6 is 0 Å². The molecule has 0 aliphatic carbocycles. The molecule has 16 heavy (non-hydrogen) atoms. The topological polar surface area (TPSA) is 120 Å². The van der Waals surface area contributed by atoms with Crippen LogP contribution in [0.5, 0.6) is 0 Å². The predicted octanol–water partition coefficient (Wildman–Crippen LogP) is -0.852. The zero-order chi connectivity index (χ0) is 12.9. The average molecular weight is 228 g/mol. The summed E-state index contributed by atoms with van der Waals surface area (Å²) in [4.78, 5) is 44.9. The van der Waals surface area contributed by atoms with Crippen LogP contribution in [0, 0.1) is 11.8 Å². The Bertz CT molecular complexity index is 293. The molecule has 2 unspecified atom stereocenters. The van der Waals surface area contributed by atoms with Crippen molar-refractivity contribution in [1.82, 2.24) is 0 Å². The first-order valence-electron chi connectivity index (χ1n) is 5.03. The van der Waals surface area contributed by atoms with E-state index in [2.05, 4.69) is 0 Å². The molecule has 6 nitrogen and oxygen atoms in total. The van der Waals surface area contributed by atoms with Gasteiger partial charge in [-0.3, -0.25) is 19.2 Å². The lowest BCUT2D eigenvalue weighted by molar-refractivity contribution is -0.146. The predicted molar refractivity (Wildman–Crippen MR) is 56.0 cm³/mol. The van der Waals surface area contributed by atoms with Gasteiger partial charge in [0.25, 0.3) is 0 Å². The second kappa shape index (κ2) is 5.99. The Kier molecular flexibility index (Phi) is 5.35. The molecular formula is C10H16N2O4. The molecule has 0 spiro atoms. The van der Waals surface area contributed by atoms with E-state index >= 15 is 0 Å². The molecule has 0 fully saturated rings. The second-order valence-electron chi connectivity index (χ2n) is 3.45. The zero-order valence-corrected chi connectivity index (χ0v) is 9.36. The van der Waals surface area contributed by atoms with Gasteiger partial charge in [0.15, 0.2) is 0 Å². The molecule has 0 rings (SSSR count). The molecule has 0 aliphatic rings. The van der Waals surface area contributed by atoms with E-state index in [4.69, 9.17) is 11.5 Å². The Labute approximate surface area is 93.3 Å². The van der Waals surface area contributed by atoms with Crippen molar-refractivity contribution in [2.75, 3.05) is 0 Å². The van der Waals surface area contributed by atoms with Gasteiger partial charge >= 0.3 is 0 Å². The van der Waals surface area contributed by atoms with Gasteiger partial charge in [0.1, 0.15) is 11.8 Å². The molecule has 2 amide bonds. The first-order valence-corrected chi connectivity index (χ1v) is 5.03. The Morgan fingerprint density at radius 2 is 1.06 bits per heavy atom. The highest BCUT2D eigenvalue weighted by atomic mass is 16.2. The van der Waals surface area contributed by atoms with Crippen LogP contribution in [0.1, 0.15) is 26.7 Å². The molecule has 0 aromatic rings. The van der Waals surface area contributed by atoms with Gasteiger partial charge in [-0.05, 0) is 12.8 Å². The molecule has 0 heterocycles. The van der Waals surface area contributed by atoms with E-state index in [0.717, 1.165) is 0 Å². The third-order valence-electron chi connectivity index (χ3n) is 2.38. The number of hydrogen-bond donors (Lipinski definition) is 2. The molecule has 0 aromatic heterocycles. The van der Waals surface area contributed by atoms with E-state index in [0.29, 0.717) is 0 Å². The first kappa shape index (κ1) is 14.3. The van der Waals surface area contributed by atoms with E-state index in [1.165, 1.54) is 0 Å². The van der Waals surface area contributed by atoms with Crippen LogP contribution in [-0.2, 0) is 19.2 Å². The Hall–Kier alpha value is -1.72. The van der Waals surface area contributed by atoms with Crippen LogP contribution < -0.4 is 11.5 Å². The van der Waals surface area contributed by atoms with Crippen LogP contribution in [0.15, 0.2) is 0 Å². The van der Waals surface area contributed by atoms with E-state index in [1.54, 1.807) is 13.8 Å². The normalized spacial score (nSPS) is 13.9. The minimum absolute atomic E-state index is 0.134. The highest BCUT2D eigenvalue weighted by Crippen LogP contribution is 2.11. The maximum Gasteiger partial charge on any atom is 0.228 e. The highest BCUT2D eigenvalue weighted by molar-refractivity contribution is 6.44. The summed E-state index contributed by atoms with van der Waals surface area (Å²) in [5, 5.41) is 0. The number of amides is 2. The van der Waals surface area contributed by atoms with Crippen LogP contribution in [0.4, 0.5) is 0 Å². The minimum Gasteiger partial charge on any atom is -0.369 e. The molecule has 2 atom stereocenters. The molecule has 6 heteroatoms. The molecule has 0 bridgehead atoms. The monoisotopic (exact) mass is 228 g/mol. The van der Waals surface area contributed by atoms with E-state index in [1.807, 2.05) is 0 Å². The van der Waals surface area contributed by atoms with Crippen molar-refractivity contribution < 1.29 is 19.2 Å². The van der Waals surface area contributed by atoms with Crippen LogP contribution in [0.25, 0.3) is 0 Å². The minimum atomic E-state index is -1.17. The fourth-order valence-electron chi connectivity index (χ4n) is 1.38. The molecule has 4 N–H and O–H groups in total. The van der Waals surface area contributed by atoms with Crippen molar-refractivity contribution in [1.29, 1.82) is 0 Å². The summed E-state index contributed by atoms with van der Waals surface area (Å²) in [5.41, 5.74) is 9.95. The third kappa shape index (κ3) is 3.15. The average Bonchev–Trinajstić information content (AvgIpc) is 2.18. The maximum absolute atomic E-state index is 11.6. The summed E-state index contributed by atoms with van der Waals surface area (Å²) in [6.07, 6.45) is 0.268. The quantitative estimate of drug-likeness (QED) is 0.435. The number of carbonyl (C=O) groups is 4. The summed E-state index contributed by atoms with van der Waals surface area (Å²) in [5.74, 6) is -5.91. The Morgan fingerprint density at radius 3 is 1.19 bits per heavy atom. The van der Waals surface area contributed by atoms with Crippen molar-refractivity contribution in [2.45, 2.75) is 26.7 Å². The number of nitrogens with two attached hydrogens (primary N) is 2. The highest BCUT2D eigenvalue weighted by Gasteiger charge is 2.34. The van der Waals surface area contributed by atoms with Gasteiger partial charge in [-0.1, -0.05) is 13.8 Å². The van der Waals surface area contributed by atoms with Gasteiger partial charge in [0, 0.05) is 0 Å². The van der Waals surface area contributed by atoms with Gasteiger partial charge in [-0.15, -0.1) is 0 Å². The summed E-state index contributed by atoms with van der Waals surface area (Å²) in [7, 11) is 0. The SMILES string of the molecule is CCC(C(N)=O)C(=O)C(=O)C(CC)C(N)=O. The summed E-state index contributed by atoms with van der Waals surface area (Å²) in [6, 6.07) is 0. The van der Waals surface area contributed by atoms with Gasteiger partial charge in [0.05, 0.1) is 0 Å². The van der Waals surface area contributed by atoms with E-state index in [9.17, 15) is 19.2 Å². The molecule has 0 saturated carbocycles. The standard InChI is InChI=1S/C10H16N2O4/c1-3-5(9(11)15)7(13)8(14)6(4-2)10(12)16/h5-6H,3-4H2,1-2H3,(H2,11,15)(H2,12,16). The lowest BCUT2D eigenvalue weighted by Gasteiger charge is -2.12. The van der Waals surface area contributed by atoms with Crippen LogP contribution in [0.2, 0.25) is 0 Å². The summed E-state index contributed by atoms with van der Waals surface area (Å²) in [6.45, 7) is 3.12. The van der Waals surface area contributed by atoms with E-state index in [-0.39, 0.29) is 12.8 Å². The number of Topliss-reactive ketones (excluding diaryl/α,β-unsaturated/α-hetero) is 2. The van der Waals surface area contributed by atoms with Gasteiger partial charge in [-0.25, -0.2) is 0 Å². The molecule has 0 aromatic carbocycles. The number of hydrogen-bond acceptors (Lipinski definition) is 4. The largest absolute Gasteiger partial charge is 0.369 e. The molecule has 0 radical (unpaired) electrons. The first-order chi connectivity index (χ1) is 7.36. The Balaban J connectivity index is 4.90. The van der Waals surface area contributed by atoms with Crippen molar-refractivity contribution in [3.63, 3.8) is 0 Å². The third-order valence-corrected chi connectivity index (χ3v) is 2.38. The van der Waals surface area contributed by atoms with Crippen molar-refractivity contribution >= 4 is 23.4 Å². The number of ketones is 2. The second-order valence-corrected chi connectivity index (χ2v) is 3.45. The Morgan fingerprint density at radius 1 is 0.812 bits per heavy atom. The molecule has 0 saturated heterocycles. The van der Waals surface area contributed by atoms with Crippen LogP contribution in [-0.4, -0.2) is 23.4 Å².